The van der Waals surface area contributed by atoms with Crippen molar-refractivity contribution in [3.05, 3.63) is 29.3 Å². The van der Waals surface area contributed by atoms with Crippen LogP contribution in [0.25, 0.3) is 0 Å². The first-order chi connectivity index (χ1) is 12.2. The summed E-state index contributed by atoms with van der Waals surface area (Å²) in [5.41, 5.74) is 2.09. The van der Waals surface area contributed by atoms with Crippen molar-refractivity contribution < 1.29 is 14.6 Å². The van der Waals surface area contributed by atoms with Gasteiger partial charge in [-0.05, 0) is 68.3 Å². The molecule has 4 nitrogen and oxygen atoms in total. The average Bonchev–Trinajstić information content (AvgIpc) is 3.13. The van der Waals surface area contributed by atoms with Crippen LogP contribution in [0.2, 0.25) is 0 Å². The third kappa shape index (κ3) is 2.61. The van der Waals surface area contributed by atoms with Crippen molar-refractivity contribution in [3.63, 3.8) is 0 Å². The second-order valence-corrected chi connectivity index (χ2v) is 8.43. The second kappa shape index (κ2) is 6.81. The fraction of sp³-hybridized carbons (Fsp3) is 0.667. The Kier molecular flexibility index (Phi) is 4.79. The molecule has 2 heterocycles. The molecule has 0 amide bonds. The van der Waals surface area contributed by atoms with E-state index in [0.29, 0.717) is 17.8 Å². The van der Waals surface area contributed by atoms with E-state index in [9.17, 15) is 9.90 Å². The molecule has 3 fully saturated rings. The summed E-state index contributed by atoms with van der Waals surface area (Å²) in [6.45, 7) is 2.74. The summed E-state index contributed by atoms with van der Waals surface area (Å²) >= 11 is 0. The number of likely N-dealkylation sites (tertiary alicyclic amines) is 1. The molecule has 1 aromatic rings. The third-order valence-electron chi connectivity index (χ3n) is 7.25. The van der Waals surface area contributed by atoms with Crippen LogP contribution in [0, 0.1) is 5.92 Å². The van der Waals surface area contributed by atoms with Gasteiger partial charge in [-0.1, -0.05) is 12.8 Å². The van der Waals surface area contributed by atoms with E-state index in [4.69, 9.17) is 4.74 Å². The molecule has 1 aromatic carbocycles. The number of ether oxygens (including phenoxy) is 1. The first kappa shape index (κ1) is 18.3. The Bertz CT molecular complexity index is 702. The third-order valence-corrected chi connectivity index (χ3v) is 7.25. The van der Waals surface area contributed by atoms with Crippen LogP contribution in [-0.4, -0.2) is 47.6 Å². The molecule has 4 unspecified atom stereocenters. The van der Waals surface area contributed by atoms with Gasteiger partial charge in [0.1, 0.15) is 5.75 Å². The molecule has 2 bridgehead atoms. The number of Topliss-reactive ketones (excluding diaryl/α,β-unsaturated/α-hetero) is 1. The Hall–Kier alpha value is -1.10. The minimum absolute atomic E-state index is 0. The predicted octanol–water partition coefficient (Wildman–Crippen LogP) is 3.69. The molecule has 0 spiro atoms. The maximum atomic E-state index is 13.4. The average molecular weight is 378 g/mol. The predicted molar refractivity (Wildman–Crippen MR) is 102 cm³/mol. The zero-order chi connectivity index (χ0) is 17.0. The number of aromatic hydroxyl groups is 1. The normalized spacial score (nSPS) is 36.2. The standard InChI is InChI=1S/C21H27NO3.ClH/c23-14-6-7-16-18(12-14)21-8-2-1-5-17(21)19(20(16)24)22(10-9-21)13-15-4-3-11-25-15;/h6-7,12,15,17,19,23H,1-5,8-11,13H2;1H. The largest absolute Gasteiger partial charge is 0.508 e. The van der Waals surface area contributed by atoms with E-state index in [0.717, 1.165) is 62.9 Å². The molecule has 4 atom stereocenters. The quantitative estimate of drug-likeness (QED) is 0.853. The molecule has 4 aliphatic rings. The van der Waals surface area contributed by atoms with Gasteiger partial charge in [0.05, 0.1) is 12.1 Å². The molecule has 0 aromatic heterocycles. The van der Waals surface area contributed by atoms with Crippen molar-refractivity contribution in [2.24, 2.45) is 5.92 Å². The van der Waals surface area contributed by atoms with Gasteiger partial charge in [0.15, 0.2) is 5.78 Å². The summed E-state index contributed by atoms with van der Waals surface area (Å²) in [5.74, 6) is 0.971. The number of nitrogens with zero attached hydrogens (tertiary/aromatic N) is 1. The molecule has 5 heteroatoms. The fourth-order valence-corrected chi connectivity index (χ4v) is 6.16. The summed E-state index contributed by atoms with van der Waals surface area (Å²) < 4.78 is 5.86. The summed E-state index contributed by atoms with van der Waals surface area (Å²) in [7, 11) is 0. The van der Waals surface area contributed by atoms with Crippen molar-refractivity contribution in [2.45, 2.75) is 62.5 Å². The number of carbonyl (C=O) groups is 1. The van der Waals surface area contributed by atoms with E-state index in [1.54, 1.807) is 6.07 Å². The van der Waals surface area contributed by atoms with Gasteiger partial charge in [0.25, 0.3) is 0 Å². The zero-order valence-electron chi connectivity index (χ0n) is 15.2. The van der Waals surface area contributed by atoms with Crippen LogP contribution in [0.1, 0.15) is 60.9 Å². The van der Waals surface area contributed by atoms with E-state index < -0.39 is 0 Å². The molecule has 2 aliphatic heterocycles. The van der Waals surface area contributed by atoms with Crippen molar-refractivity contribution in [2.75, 3.05) is 19.7 Å². The molecular formula is C21H28ClNO3. The van der Waals surface area contributed by atoms with Crippen LogP contribution in [0.15, 0.2) is 18.2 Å². The molecule has 26 heavy (non-hydrogen) atoms. The van der Waals surface area contributed by atoms with Crippen LogP contribution >= 0.6 is 12.4 Å². The first-order valence-electron chi connectivity index (χ1n) is 9.92. The highest BCUT2D eigenvalue weighted by molar-refractivity contribution is 6.04. The number of fused-ring (bicyclic) bond motifs is 1. The Morgan fingerprint density at radius 3 is 2.88 bits per heavy atom. The molecule has 1 N–H and O–H groups in total. The van der Waals surface area contributed by atoms with Crippen molar-refractivity contribution in [1.82, 2.24) is 4.90 Å². The highest BCUT2D eigenvalue weighted by atomic mass is 35.5. The molecule has 1 saturated carbocycles. The van der Waals surface area contributed by atoms with Crippen LogP contribution in [-0.2, 0) is 10.2 Å². The van der Waals surface area contributed by atoms with Crippen molar-refractivity contribution >= 4 is 18.2 Å². The minimum Gasteiger partial charge on any atom is -0.508 e. The Morgan fingerprint density at radius 2 is 2.08 bits per heavy atom. The number of hydrogen-bond acceptors (Lipinski definition) is 4. The smallest absolute Gasteiger partial charge is 0.180 e. The van der Waals surface area contributed by atoms with Gasteiger partial charge in [-0.2, -0.15) is 0 Å². The number of phenolic OH excluding ortho intramolecular Hbond substituents is 1. The number of piperidine rings is 1. The van der Waals surface area contributed by atoms with E-state index in [-0.39, 0.29) is 29.6 Å². The second-order valence-electron chi connectivity index (χ2n) is 8.43. The van der Waals surface area contributed by atoms with E-state index in [1.807, 2.05) is 12.1 Å². The molecule has 0 radical (unpaired) electrons. The zero-order valence-corrected chi connectivity index (χ0v) is 16.0. The van der Waals surface area contributed by atoms with Crippen LogP contribution in [0.3, 0.4) is 0 Å². The summed E-state index contributed by atoms with van der Waals surface area (Å²) in [6, 6.07) is 5.44. The van der Waals surface area contributed by atoms with E-state index in [2.05, 4.69) is 4.90 Å². The lowest BCUT2D eigenvalue weighted by Gasteiger charge is -2.58. The lowest BCUT2D eigenvalue weighted by molar-refractivity contribution is -0.0238. The molecule has 2 aliphatic carbocycles. The number of rotatable bonds is 2. The summed E-state index contributed by atoms with van der Waals surface area (Å²) in [5, 5.41) is 10.1. The Labute approximate surface area is 161 Å². The van der Waals surface area contributed by atoms with Gasteiger partial charge in [-0.25, -0.2) is 0 Å². The minimum atomic E-state index is 0. The number of hydrogen-bond donors (Lipinski definition) is 1. The maximum absolute atomic E-state index is 13.4. The Morgan fingerprint density at radius 1 is 1.19 bits per heavy atom. The van der Waals surface area contributed by atoms with Gasteiger partial charge in [0.2, 0.25) is 0 Å². The van der Waals surface area contributed by atoms with Gasteiger partial charge in [-0.3, -0.25) is 9.69 Å². The highest BCUT2D eigenvalue weighted by Gasteiger charge is 2.57. The first-order valence-corrected chi connectivity index (χ1v) is 9.92. The molecule has 2 saturated heterocycles. The topological polar surface area (TPSA) is 49.8 Å². The molecular weight excluding hydrogens is 350 g/mol. The number of ketones is 1. The molecule has 142 valence electrons. The van der Waals surface area contributed by atoms with Gasteiger partial charge in [0, 0.05) is 24.1 Å². The van der Waals surface area contributed by atoms with Gasteiger partial charge >= 0.3 is 0 Å². The lowest BCUT2D eigenvalue weighted by atomic mass is 9.52. The van der Waals surface area contributed by atoms with Gasteiger partial charge < -0.3 is 9.84 Å². The van der Waals surface area contributed by atoms with Crippen LogP contribution < -0.4 is 0 Å². The maximum Gasteiger partial charge on any atom is 0.180 e. The van der Waals surface area contributed by atoms with E-state index >= 15 is 0 Å². The Balaban J connectivity index is 0.00000168. The lowest BCUT2D eigenvalue weighted by Crippen LogP contribution is -2.64. The van der Waals surface area contributed by atoms with Crippen molar-refractivity contribution in [3.8, 4) is 5.75 Å². The summed E-state index contributed by atoms with van der Waals surface area (Å²) in [6.07, 6.45) is 8.41. The molecule has 5 rings (SSSR count). The SMILES string of the molecule is Cl.O=C1c2ccc(O)cc2C23CCCCC2C1N(CC1CCCO1)CC3. The van der Waals surface area contributed by atoms with Gasteiger partial charge in [-0.15, -0.1) is 12.4 Å². The van der Waals surface area contributed by atoms with Crippen LogP contribution in [0.5, 0.6) is 5.75 Å². The van der Waals surface area contributed by atoms with Crippen LogP contribution in [0.4, 0.5) is 0 Å². The number of benzene rings is 1. The fourth-order valence-electron chi connectivity index (χ4n) is 6.16. The monoisotopic (exact) mass is 377 g/mol. The van der Waals surface area contributed by atoms with E-state index in [1.165, 1.54) is 12.8 Å². The number of carbonyl (C=O) groups excluding carboxylic acids is 1. The van der Waals surface area contributed by atoms with Crippen molar-refractivity contribution in [1.29, 1.82) is 0 Å². The number of phenols is 1. The summed E-state index contributed by atoms with van der Waals surface area (Å²) in [4.78, 5) is 15.8. The highest BCUT2D eigenvalue weighted by Crippen LogP contribution is 2.56. The number of halogens is 1.